The molecule has 0 amide bonds. The fraction of sp³-hybridized carbons (Fsp3) is 0.444. The van der Waals surface area contributed by atoms with Crippen LogP contribution in [0.4, 0.5) is 11.6 Å². The van der Waals surface area contributed by atoms with Crippen LogP contribution in [0, 0.1) is 0 Å². The molecule has 0 fully saturated rings. The fourth-order valence-corrected chi connectivity index (χ4v) is 2.95. The van der Waals surface area contributed by atoms with Gasteiger partial charge in [0.1, 0.15) is 11.6 Å². The number of aromatic nitrogens is 2. The largest absolute Gasteiger partial charge is 0.357 e. The maximum atomic E-state index is 4.67. The van der Waals surface area contributed by atoms with Gasteiger partial charge in [-0.25, -0.2) is 15.4 Å². The number of hydrogen-bond acceptors (Lipinski definition) is 5. The molecule has 2 aromatic heterocycles. The number of nitrogens with one attached hydrogen (secondary N) is 2. The second kappa shape index (κ2) is 6.96. The van der Waals surface area contributed by atoms with Crippen molar-refractivity contribution in [3.05, 3.63) is 36.2 Å². The Balaban J connectivity index is 1.83. The third kappa shape index (κ3) is 3.29. The Morgan fingerprint density at radius 1 is 1.04 bits per heavy atom. The number of hydrazine groups is 1. The van der Waals surface area contributed by atoms with Gasteiger partial charge in [0.2, 0.25) is 0 Å². The molecule has 3 rings (SSSR count). The summed E-state index contributed by atoms with van der Waals surface area (Å²) in [5.74, 6) is 1.98. The van der Waals surface area contributed by atoms with Crippen LogP contribution < -0.4 is 15.8 Å². The van der Waals surface area contributed by atoms with E-state index in [4.69, 9.17) is 0 Å². The Hall–Kier alpha value is -2.14. The molecular weight excluding hydrogens is 286 g/mol. The number of rotatable bonds is 6. The summed E-state index contributed by atoms with van der Waals surface area (Å²) in [6, 6.07) is 6.72. The third-order valence-electron chi connectivity index (χ3n) is 4.18. The van der Waals surface area contributed by atoms with E-state index in [1.165, 1.54) is 5.56 Å². The van der Waals surface area contributed by atoms with Crippen LogP contribution in [0.5, 0.6) is 0 Å². The van der Waals surface area contributed by atoms with E-state index in [-0.39, 0.29) is 6.04 Å². The summed E-state index contributed by atoms with van der Waals surface area (Å²) in [4.78, 5) is 11.5. The Bertz CT molecular complexity index is 647. The average molecular weight is 311 g/mol. The number of hydrogen-bond donors (Lipinski definition) is 2. The van der Waals surface area contributed by atoms with Crippen molar-refractivity contribution < 1.29 is 0 Å². The van der Waals surface area contributed by atoms with E-state index in [9.17, 15) is 0 Å². The van der Waals surface area contributed by atoms with E-state index in [1.54, 1.807) is 0 Å². The molecule has 23 heavy (non-hydrogen) atoms. The quantitative estimate of drug-likeness (QED) is 0.850. The van der Waals surface area contributed by atoms with Gasteiger partial charge < -0.3 is 10.3 Å². The van der Waals surface area contributed by atoms with Gasteiger partial charge in [0, 0.05) is 42.2 Å². The SMILES string of the molecule is CCCN(CCC)c1ccc(-c2cnc3c(c2)C(C)NN3)cn1. The summed E-state index contributed by atoms with van der Waals surface area (Å²) in [5.41, 5.74) is 9.69. The molecule has 1 aliphatic heterocycles. The molecule has 0 spiro atoms. The van der Waals surface area contributed by atoms with Crippen molar-refractivity contribution in [3.8, 4) is 11.1 Å². The van der Waals surface area contributed by atoms with Crippen LogP contribution in [-0.2, 0) is 0 Å². The van der Waals surface area contributed by atoms with E-state index >= 15 is 0 Å². The lowest BCUT2D eigenvalue weighted by atomic mass is 10.0. The Morgan fingerprint density at radius 3 is 2.43 bits per heavy atom. The molecule has 3 heterocycles. The van der Waals surface area contributed by atoms with Crippen molar-refractivity contribution in [2.45, 2.75) is 39.7 Å². The lowest BCUT2D eigenvalue weighted by Crippen LogP contribution is -2.25. The Kier molecular flexibility index (Phi) is 4.76. The smallest absolute Gasteiger partial charge is 0.145 e. The topological polar surface area (TPSA) is 53.1 Å². The standard InChI is InChI=1S/C18H25N5/c1-4-8-23(9-5-2)17-7-6-14(11-19-17)15-10-16-13(3)21-22-18(16)20-12-15/h6-7,10-13,21H,4-5,8-9H2,1-3H3,(H,20,22). The van der Waals surface area contributed by atoms with Gasteiger partial charge in [0.05, 0.1) is 6.04 Å². The van der Waals surface area contributed by atoms with Gasteiger partial charge in [-0.2, -0.15) is 0 Å². The van der Waals surface area contributed by atoms with Crippen molar-refractivity contribution in [1.29, 1.82) is 0 Å². The minimum Gasteiger partial charge on any atom is -0.357 e. The van der Waals surface area contributed by atoms with Crippen LogP contribution in [0.15, 0.2) is 30.6 Å². The molecule has 1 unspecified atom stereocenters. The molecule has 1 aliphatic rings. The van der Waals surface area contributed by atoms with Crippen molar-refractivity contribution in [2.75, 3.05) is 23.4 Å². The zero-order valence-corrected chi connectivity index (χ0v) is 14.1. The maximum Gasteiger partial charge on any atom is 0.145 e. The molecule has 0 aliphatic carbocycles. The molecule has 0 saturated carbocycles. The van der Waals surface area contributed by atoms with Crippen LogP contribution in [0.25, 0.3) is 11.1 Å². The first-order valence-electron chi connectivity index (χ1n) is 8.45. The summed E-state index contributed by atoms with van der Waals surface area (Å²) in [7, 11) is 0. The Morgan fingerprint density at radius 2 is 1.78 bits per heavy atom. The Labute approximate surface area is 138 Å². The van der Waals surface area contributed by atoms with E-state index in [0.29, 0.717) is 0 Å². The van der Waals surface area contributed by atoms with Gasteiger partial charge in [-0.15, -0.1) is 0 Å². The van der Waals surface area contributed by atoms with E-state index in [1.807, 2.05) is 12.4 Å². The second-order valence-electron chi connectivity index (χ2n) is 6.04. The molecule has 0 aromatic carbocycles. The highest BCUT2D eigenvalue weighted by atomic mass is 15.4. The lowest BCUT2D eigenvalue weighted by molar-refractivity contribution is 0.687. The number of fused-ring (bicyclic) bond motifs is 1. The number of pyridine rings is 2. The molecule has 0 saturated heterocycles. The first-order valence-corrected chi connectivity index (χ1v) is 8.45. The number of anilines is 2. The first kappa shape index (κ1) is 15.7. The lowest BCUT2D eigenvalue weighted by Gasteiger charge is -2.22. The first-order chi connectivity index (χ1) is 11.2. The highest BCUT2D eigenvalue weighted by molar-refractivity contribution is 5.67. The van der Waals surface area contributed by atoms with Gasteiger partial charge in [-0.05, 0) is 38.0 Å². The van der Waals surface area contributed by atoms with Crippen molar-refractivity contribution in [2.24, 2.45) is 0 Å². The van der Waals surface area contributed by atoms with Crippen LogP contribution in [0.1, 0.15) is 45.2 Å². The second-order valence-corrected chi connectivity index (χ2v) is 6.04. The van der Waals surface area contributed by atoms with Gasteiger partial charge in [0.25, 0.3) is 0 Å². The summed E-state index contributed by atoms with van der Waals surface area (Å²) >= 11 is 0. The van der Waals surface area contributed by atoms with Gasteiger partial charge in [-0.1, -0.05) is 13.8 Å². The summed E-state index contributed by atoms with van der Waals surface area (Å²) in [6.45, 7) is 8.64. The van der Waals surface area contributed by atoms with Crippen molar-refractivity contribution in [1.82, 2.24) is 15.4 Å². The van der Waals surface area contributed by atoms with E-state index in [2.05, 4.69) is 64.7 Å². The predicted octanol–water partition coefficient (Wildman–Crippen LogP) is 3.76. The molecule has 0 bridgehead atoms. The highest BCUT2D eigenvalue weighted by Gasteiger charge is 2.19. The normalized spacial score (nSPS) is 16.0. The molecule has 2 aromatic rings. The molecule has 5 heteroatoms. The monoisotopic (exact) mass is 311 g/mol. The van der Waals surface area contributed by atoms with Crippen LogP contribution >= 0.6 is 0 Å². The van der Waals surface area contributed by atoms with Crippen LogP contribution in [-0.4, -0.2) is 23.1 Å². The minimum atomic E-state index is 0.272. The van der Waals surface area contributed by atoms with E-state index in [0.717, 1.165) is 48.7 Å². The minimum absolute atomic E-state index is 0.272. The average Bonchev–Trinajstić information content (AvgIpc) is 2.96. The van der Waals surface area contributed by atoms with E-state index < -0.39 is 0 Å². The molecule has 2 N–H and O–H groups in total. The van der Waals surface area contributed by atoms with Gasteiger partial charge >= 0.3 is 0 Å². The number of nitrogens with zero attached hydrogens (tertiary/aromatic N) is 3. The molecule has 1 atom stereocenters. The van der Waals surface area contributed by atoms with Crippen molar-refractivity contribution >= 4 is 11.6 Å². The van der Waals surface area contributed by atoms with Gasteiger partial charge in [-0.3, -0.25) is 0 Å². The maximum absolute atomic E-state index is 4.67. The van der Waals surface area contributed by atoms with Crippen LogP contribution in [0.2, 0.25) is 0 Å². The molecule has 122 valence electrons. The molecular formula is C18H25N5. The van der Waals surface area contributed by atoms with Gasteiger partial charge in [0.15, 0.2) is 0 Å². The fourth-order valence-electron chi connectivity index (χ4n) is 2.95. The summed E-state index contributed by atoms with van der Waals surface area (Å²) in [5, 5.41) is 0. The highest BCUT2D eigenvalue weighted by Crippen LogP contribution is 2.30. The predicted molar refractivity (Wildman–Crippen MR) is 95.4 cm³/mol. The zero-order valence-electron chi connectivity index (χ0n) is 14.1. The zero-order chi connectivity index (χ0) is 16.2. The summed E-state index contributed by atoms with van der Waals surface area (Å²) in [6.07, 6.45) is 6.13. The molecule has 0 radical (unpaired) electrons. The molecule has 5 nitrogen and oxygen atoms in total. The summed E-state index contributed by atoms with van der Waals surface area (Å²) < 4.78 is 0. The van der Waals surface area contributed by atoms with Crippen LogP contribution in [0.3, 0.4) is 0 Å². The third-order valence-corrected chi connectivity index (χ3v) is 4.18. The van der Waals surface area contributed by atoms with Crippen molar-refractivity contribution in [3.63, 3.8) is 0 Å².